The van der Waals surface area contributed by atoms with Crippen LogP contribution < -0.4 is 5.32 Å². The molecule has 0 bridgehead atoms. The Morgan fingerprint density at radius 3 is 2.92 bits per heavy atom. The predicted molar refractivity (Wildman–Crippen MR) is 95.3 cm³/mol. The normalized spacial score (nSPS) is 23.8. The van der Waals surface area contributed by atoms with Crippen LogP contribution in [0.25, 0.3) is 0 Å². The summed E-state index contributed by atoms with van der Waals surface area (Å²) in [6.45, 7) is 5.28. The minimum Gasteiger partial charge on any atom is -0.378 e. The van der Waals surface area contributed by atoms with Gasteiger partial charge in [-0.05, 0) is 12.0 Å². The van der Waals surface area contributed by atoms with Gasteiger partial charge in [-0.15, -0.1) is 12.4 Å². The number of halogens is 1. The Bertz CT molecular complexity index is 494. The molecule has 1 aromatic rings. The van der Waals surface area contributed by atoms with Crippen molar-refractivity contribution in [3.63, 3.8) is 0 Å². The van der Waals surface area contributed by atoms with Crippen molar-refractivity contribution in [3.8, 4) is 0 Å². The van der Waals surface area contributed by atoms with Crippen LogP contribution in [-0.4, -0.2) is 56.3 Å². The first-order valence-electron chi connectivity index (χ1n) is 8.52. The number of hydrogen-bond donors (Lipinski definition) is 1. The highest BCUT2D eigenvalue weighted by atomic mass is 35.5. The summed E-state index contributed by atoms with van der Waals surface area (Å²) < 4.78 is 11.2. The van der Waals surface area contributed by atoms with Gasteiger partial charge in [0.15, 0.2) is 0 Å². The predicted octanol–water partition coefficient (Wildman–Crippen LogP) is 1.85. The number of hydrogen-bond acceptors (Lipinski definition) is 4. The van der Waals surface area contributed by atoms with Crippen LogP contribution in [-0.2, 0) is 20.9 Å². The third-order valence-electron chi connectivity index (χ3n) is 4.52. The fraction of sp³-hybridized carbons (Fsp3) is 0.611. The highest BCUT2D eigenvalue weighted by Gasteiger charge is 2.28. The minimum atomic E-state index is 0. The van der Waals surface area contributed by atoms with E-state index < -0.39 is 0 Å². The van der Waals surface area contributed by atoms with Crippen LogP contribution in [0.5, 0.6) is 0 Å². The quantitative estimate of drug-likeness (QED) is 0.847. The lowest BCUT2D eigenvalue weighted by Gasteiger charge is -2.25. The maximum atomic E-state index is 12.3. The molecular weight excluding hydrogens is 328 g/mol. The molecule has 0 aromatic heterocycles. The van der Waals surface area contributed by atoms with Crippen LogP contribution >= 0.6 is 12.4 Å². The van der Waals surface area contributed by atoms with Gasteiger partial charge in [-0.3, -0.25) is 4.79 Å². The number of ether oxygens (including phenoxy) is 2. The largest absolute Gasteiger partial charge is 0.378 e. The van der Waals surface area contributed by atoms with Gasteiger partial charge in [0.05, 0.1) is 26.4 Å². The average molecular weight is 355 g/mol. The highest BCUT2D eigenvalue weighted by molar-refractivity contribution is 5.85. The van der Waals surface area contributed by atoms with Gasteiger partial charge in [0.2, 0.25) is 5.91 Å². The average Bonchev–Trinajstić information content (AvgIpc) is 3.06. The molecule has 6 heteroatoms. The first kappa shape index (κ1) is 19.2. The molecule has 0 aliphatic carbocycles. The van der Waals surface area contributed by atoms with E-state index >= 15 is 0 Å². The molecule has 3 rings (SSSR count). The van der Waals surface area contributed by atoms with E-state index in [4.69, 9.17) is 9.47 Å². The fourth-order valence-electron chi connectivity index (χ4n) is 3.20. The second kappa shape index (κ2) is 9.99. The second-order valence-electron chi connectivity index (χ2n) is 6.43. The molecule has 24 heavy (non-hydrogen) atoms. The van der Waals surface area contributed by atoms with Gasteiger partial charge >= 0.3 is 0 Å². The van der Waals surface area contributed by atoms with E-state index in [1.165, 1.54) is 5.56 Å². The van der Waals surface area contributed by atoms with Crippen LogP contribution in [0.1, 0.15) is 18.4 Å². The van der Waals surface area contributed by atoms with E-state index in [2.05, 4.69) is 17.4 Å². The monoisotopic (exact) mass is 354 g/mol. The topological polar surface area (TPSA) is 50.8 Å². The Morgan fingerprint density at radius 1 is 1.33 bits per heavy atom. The van der Waals surface area contributed by atoms with Crippen LogP contribution in [0.15, 0.2) is 30.3 Å². The number of morpholine rings is 1. The maximum Gasteiger partial charge on any atom is 0.224 e. The Kier molecular flexibility index (Phi) is 7.99. The number of carbonyl (C=O) groups excluding carboxylic acids is 1. The van der Waals surface area contributed by atoms with Crippen molar-refractivity contribution in [3.05, 3.63) is 35.9 Å². The Hall–Kier alpha value is -1.14. The molecule has 2 saturated heterocycles. The summed E-state index contributed by atoms with van der Waals surface area (Å²) in [7, 11) is 0. The number of nitrogens with zero attached hydrogens (tertiary/aromatic N) is 1. The van der Waals surface area contributed by atoms with Crippen molar-refractivity contribution in [2.75, 3.05) is 39.5 Å². The lowest BCUT2D eigenvalue weighted by molar-refractivity contribution is -0.131. The van der Waals surface area contributed by atoms with Gasteiger partial charge in [0.1, 0.15) is 0 Å². The van der Waals surface area contributed by atoms with Crippen molar-refractivity contribution in [2.24, 2.45) is 5.92 Å². The van der Waals surface area contributed by atoms with Crippen LogP contribution in [0.2, 0.25) is 0 Å². The van der Waals surface area contributed by atoms with E-state index in [9.17, 15) is 4.79 Å². The Balaban J connectivity index is 0.00000208. The maximum absolute atomic E-state index is 12.3. The highest BCUT2D eigenvalue weighted by Crippen LogP contribution is 2.18. The molecule has 1 N–H and O–H groups in total. The molecule has 2 aliphatic heterocycles. The zero-order valence-electron chi connectivity index (χ0n) is 14.0. The van der Waals surface area contributed by atoms with Crippen molar-refractivity contribution in [2.45, 2.75) is 25.5 Å². The summed E-state index contributed by atoms with van der Waals surface area (Å²) in [4.78, 5) is 14.3. The van der Waals surface area contributed by atoms with E-state index in [1.54, 1.807) is 0 Å². The van der Waals surface area contributed by atoms with Crippen molar-refractivity contribution < 1.29 is 14.3 Å². The molecule has 134 valence electrons. The first-order chi connectivity index (χ1) is 11.3. The summed E-state index contributed by atoms with van der Waals surface area (Å²) in [5, 5.41) is 3.34. The van der Waals surface area contributed by atoms with E-state index in [0.717, 1.165) is 39.3 Å². The van der Waals surface area contributed by atoms with E-state index in [1.807, 2.05) is 23.1 Å². The standard InChI is InChI=1S/C18H26N2O3.ClH/c21-18(10-17-14-22-9-7-19-17)20-8-6-16(11-20)13-23-12-15-4-2-1-3-5-15;/h1-5,16-17,19H,6-14H2;1H. The molecule has 2 unspecified atom stereocenters. The van der Waals surface area contributed by atoms with Crippen LogP contribution in [0, 0.1) is 5.92 Å². The molecule has 2 atom stereocenters. The fourth-order valence-corrected chi connectivity index (χ4v) is 3.20. The summed E-state index contributed by atoms with van der Waals surface area (Å²) >= 11 is 0. The minimum absolute atomic E-state index is 0. The number of nitrogens with one attached hydrogen (secondary N) is 1. The van der Waals surface area contributed by atoms with E-state index in [0.29, 0.717) is 25.6 Å². The Morgan fingerprint density at radius 2 is 2.17 bits per heavy atom. The lowest BCUT2D eigenvalue weighted by atomic mass is 10.1. The summed E-state index contributed by atoms with van der Waals surface area (Å²) in [6, 6.07) is 10.4. The number of benzene rings is 1. The molecule has 0 radical (unpaired) electrons. The second-order valence-corrected chi connectivity index (χ2v) is 6.43. The molecule has 2 aliphatic rings. The first-order valence-corrected chi connectivity index (χ1v) is 8.52. The SMILES string of the molecule is Cl.O=C(CC1COCCN1)N1CCC(COCc2ccccc2)C1. The van der Waals surface area contributed by atoms with E-state index in [-0.39, 0.29) is 24.4 Å². The number of likely N-dealkylation sites (tertiary alicyclic amines) is 1. The molecule has 2 heterocycles. The van der Waals surface area contributed by atoms with Crippen molar-refractivity contribution in [1.29, 1.82) is 0 Å². The number of amides is 1. The van der Waals surface area contributed by atoms with Gasteiger partial charge in [-0.25, -0.2) is 0 Å². The molecule has 5 nitrogen and oxygen atoms in total. The number of carbonyl (C=O) groups is 1. The Labute approximate surface area is 150 Å². The molecule has 2 fully saturated rings. The number of rotatable bonds is 6. The zero-order chi connectivity index (χ0) is 15.9. The zero-order valence-corrected chi connectivity index (χ0v) is 14.8. The van der Waals surface area contributed by atoms with Crippen molar-refractivity contribution in [1.82, 2.24) is 10.2 Å². The summed E-state index contributed by atoms with van der Waals surface area (Å²) in [6.07, 6.45) is 1.58. The van der Waals surface area contributed by atoms with Gasteiger partial charge in [-0.2, -0.15) is 0 Å². The van der Waals surface area contributed by atoms with Crippen LogP contribution in [0.4, 0.5) is 0 Å². The molecule has 0 spiro atoms. The third-order valence-corrected chi connectivity index (χ3v) is 4.52. The van der Waals surface area contributed by atoms with Crippen molar-refractivity contribution >= 4 is 18.3 Å². The molecule has 1 aromatic carbocycles. The molecule has 1 amide bonds. The third kappa shape index (κ3) is 5.74. The smallest absolute Gasteiger partial charge is 0.224 e. The molecule has 0 saturated carbocycles. The summed E-state index contributed by atoms with van der Waals surface area (Å²) in [5.41, 5.74) is 1.20. The molecular formula is C18H27ClN2O3. The van der Waals surface area contributed by atoms with Gasteiger partial charge < -0.3 is 19.7 Å². The van der Waals surface area contributed by atoms with Gasteiger partial charge in [0.25, 0.3) is 0 Å². The van der Waals surface area contributed by atoms with Crippen LogP contribution in [0.3, 0.4) is 0 Å². The summed E-state index contributed by atoms with van der Waals surface area (Å²) in [5.74, 6) is 0.691. The van der Waals surface area contributed by atoms with Gasteiger partial charge in [-0.1, -0.05) is 30.3 Å². The lowest BCUT2D eigenvalue weighted by Crippen LogP contribution is -2.44. The van der Waals surface area contributed by atoms with Gasteiger partial charge in [0, 0.05) is 38.0 Å².